The van der Waals surface area contributed by atoms with Crippen molar-refractivity contribution in [2.24, 2.45) is 0 Å². The number of hydrogen-bond donors (Lipinski definition) is 0. The van der Waals surface area contributed by atoms with Gasteiger partial charge < -0.3 is 8.58 Å². The topological polar surface area (TPSA) is 52.6 Å². The molecule has 0 aliphatic heterocycles. The lowest BCUT2D eigenvalue weighted by atomic mass is 10.0. The van der Waals surface area contributed by atoms with Crippen molar-refractivity contribution in [1.82, 2.24) is 0 Å². The fourth-order valence-corrected chi connectivity index (χ4v) is 1.24. The zero-order chi connectivity index (χ0) is 11.1. The maximum atomic E-state index is 11.1. The van der Waals surface area contributed by atoms with Crippen molar-refractivity contribution in [2.75, 3.05) is 0 Å². The molecule has 0 bridgehead atoms. The Morgan fingerprint density at radius 1 is 0.929 bits per heavy atom. The molecule has 0 radical (unpaired) electrons. The molecule has 0 saturated heterocycles. The van der Waals surface area contributed by atoms with Crippen molar-refractivity contribution < 1.29 is 18.2 Å². The zero-order valence-electron chi connectivity index (χ0n) is 7.80. The highest BCUT2D eigenvalue weighted by Gasteiger charge is 2.20. The van der Waals surface area contributed by atoms with Gasteiger partial charge in [0, 0.05) is 11.1 Å². The molecule has 0 aromatic rings. The summed E-state index contributed by atoms with van der Waals surface area (Å²) in [5, 5.41) is 0. The van der Waals surface area contributed by atoms with Gasteiger partial charge in [-0.05, 0) is 12.8 Å². The van der Waals surface area contributed by atoms with Gasteiger partial charge in [0.25, 0.3) is 0 Å². The second-order valence-corrected chi connectivity index (χ2v) is 2.70. The minimum Gasteiger partial charge on any atom is -0.343 e. The Morgan fingerprint density at radius 3 is 1.36 bits per heavy atom. The summed E-state index contributed by atoms with van der Waals surface area (Å²) in [4.78, 5) is 22.2. The molecule has 0 aromatic carbocycles. The van der Waals surface area contributed by atoms with Crippen molar-refractivity contribution in [3.8, 4) is 0 Å². The Balaban J connectivity index is 5.11. The third kappa shape index (κ3) is 3.20. The summed E-state index contributed by atoms with van der Waals surface area (Å²) < 4.78 is 8.01. The van der Waals surface area contributed by atoms with E-state index in [1.165, 1.54) is 0 Å². The zero-order valence-corrected chi connectivity index (χ0v) is 9.31. The summed E-state index contributed by atoms with van der Waals surface area (Å²) in [6.45, 7) is 3.39. The standard InChI is InChI=1S/C8H10Cl2O4/c1-3-5(7(11)13-9)6(4-2)8(12)14-10/h3-4H2,1-2H3/b6-5-. The van der Waals surface area contributed by atoms with Crippen molar-refractivity contribution in [2.45, 2.75) is 26.7 Å². The van der Waals surface area contributed by atoms with Gasteiger partial charge in [0.2, 0.25) is 0 Å². The molecule has 0 rings (SSSR count). The monoisotopic (exact) mass is 240 g/mol. The Labute approximate surface area is 92.1 Å². The van der Waals surface area contributed by atoms with Gasteiger partial charge in [-0.15, -0.1) is 0 Å². The van der Waals surface area contributed by atoms with Gasteiger partial charge in [-0.3, -0.25) is 0 Å². The minimum atomic E-state index is -0.756. The number of carbonyl (C=O) groups excluding carboxylic acids is 2. The van der Waals surface area contributed by atoms with Crippen molar-refractivity contribution >= 4 is 35.7 Å². The average molecular weight is 241 g/mol. The van der Waals surface area contributed by atoms with Crippen LogP contribution < -0.4 is 0 Å². The quantitative estimate of drug-likeness (QED) is 0.709. The molecule has 0 amide bonds. The first-order valence-electron chi connectivity index (χ1n) is 4.00. The van der Waals surface area contributed by atoms with Gasteiger partial charge in [-0.1, -0.05) is 13.8 Å². The number of halogens is 2. The Morgan fingerprint density at radius 2 is 1.21 bits per heavy atom. The predicted molar refractivity (Wildman–Crippen MR) is 51.5 cm³/mol. The van der Waals surface area contributed by atoms with Gasteiger partial charge >= 0.3 is 11.9 Å². The fraction of sp³-hybridized carbons (Fsp3) is 0.500. The smallest absolute Gasteiger partial charge is 0.343 e. The average Bonchev–Trinajstić information content (AvgIpc) is 2.23. The second kappa shape index (κ2) is 6.68. The van der Waals surface area contributed by atoms with Crippen LogP contribution in [0, 0.1) is 0 Å². The van der Waals surface area contributed by atoms with Crippen LogP contribution in [-0.4, -0.2) is 11.9 Å². The first-order valence-corrected chi connectivity index (χ1v) is 4.61. The maximum Gasteiger partial charge on any atom is 0.352 e. The van der Waals surface area contributed by atoms with Crippen molar-refractivity contribution in [3.05, 3.63) is 11.1 Å². The summed E-state index contributed by atoms with van der Waals surface area (Å²) in [5.41, 5.74) is 0.348. The van der Waals surface area contributed by atoms with Crippen LogP contribution in [-0.2, 0) is 18.2 Å². The summed E-state index contributed by atoms with van der Waals surface area (Å²) in [5.74, 6) is -1.51. The molecular weight excluding hydrogens is 231 g/mol. The Kier molecular flexibility index (Phi) is 6.32. The van der Waals surface area contributed by atoms with E-state index in [1.54, 1.807) is 13.8 Å². The molecule has 6 heteroatoms. The van der Waals surface area contributed by atoms with Crippen molar-refractivity contribution in [1.29, 1.82) is 0 Å². The molecular formula is C8H10Cl2O4. The van der Waals surface area contributed by atoms with Crippen LogP contribution >= 0.6 is 23.7 Å². The first kappa shape index (κ1) is 13.3. The normalized spacial score (nSPS) is 11.7. The van der Waals surface area contributed by atoms with E-state index < -0.39 is 11.9 Å². The molecule has 0 unspecified atom stereocenters. The van der Waals surface area contributed by atoms with Gasteiger partial charge in [-0.2, -0.15) is 0 Å². The van der Waals surface area contributed by atoms with Crippen LogP contribution in [0.25, 0.3) is 0 Å². The van der Waals surface area contributed by atoms with E-state index in [-0.39, 0.29) is 11.1 Å². The van der Waals surface area contributed by atoms with Crippen LogP contribution in [0.3, 0.4) is 0 Å². The molecule has 0 atom stereocenters. The summed E-state index contributed by atoms with van der Waals surface area (Å²) in [6.07, 6.45) is 0.640. The van der Waals surface area contributed by atoms with Crippen LogP contribution in [0.15, 0.2) is 11.1 Å². The molecule has 0 aromatic heterocycles. The predicted octanol–water partition coefficient (Wildman–Crippen LogP) is 2.50. The molecule has 0 N–H and O–H groups in total. The number of carbonyl (C=O) groups is 2. The lowest BCUT2D eigenvalue weighted by Crippen LogP contribution is -2.11. The van der Waals surface area contributed by atoms with E-state index in [4.69, 9.17) is 23.7 Å². The lowest BCUT2D eigenvalue weighted by Gasteiger charge is -2.06. The Bertz CT molecular complexity index is 234. The third-order valence-electron chi connectivity index (χ3n) is 1.70. The largest absolute Gasteiger partial charge is 0.352 e. The van der Waals surface area contributed by atoms with E-state index in [9.17, 15) is 9.59 Å². The highest BCUT2D eigenvalue weighted by atomic mass is 35.5. The maximum absolute atomic E-state index is 11.1. The van der Waals surface area contributed by atoms with E-state index in [1.807, 2.05) is 0 Å². The fourth-order valence-electron chi connectivity index (χ4n) is 1.05. The van der Waals surface area contributed by atoms with Crippen LogP contribution in [0.4, 0.5) is 0 Å². The van der Waals surface area contributed by atoms with Crippen molar-refractivity contribution in [3.63, 3.8) is 0 Å². The summed E-state index contributed by atoms with van der Waals surface area (Å²) >= 11 is 9.81. The number of hydrogen-bond acceptors (Lipinski definition) is 4. The van der Waals surface area contributed by atoms with Gasteiger partial charge in [-0.25, -0.2) is 9.59 Å². The second-order valence-electron chi connectivity index (χ2n) is 2.39. The summed E-state index contributed by atoms with van der Waals surface area (Å²) in [7, 11) is 0. The summed E-state index contributed by atoms with van der Waals surface area (Å²) in [6, 6.07) is 0. The molecule has 0 heterocycles. The van der Waals surface area contributed by atoms with E-state index in [0.29, 0.717) is 12.8 Å². The van der Waals surface area contributed by atoms with Gasteiger partial charge in [0.05, 0.1) is 0 Å². The highest BCUT2D eigenvalue weighted by Crippen LogP contribution is 2.17. The molecule has 0 fully saturated rings. The van der Waals surface area contributed by atoms with Crippen LogP contribution in [0.5, 0.6) is 0 Å². The minimum absolute atomic E-state index is 0.174. The van der Waals surface area contributed by atoms with Gasteiger partial charge in [0.15, 0.2) is 0 Å². The first-order chi connectivity index (χ1) is 6.62. The van der Waals surface area contributed by atoms with Crippen LogP contribution in [0.2, 0.25) is 0 Å². The van der Waals surface area contributed by atoms with Gasteiger partial charge in [0.1, 0.15) is 23.7 Å². The molecule has 80 valence electrons. The van der Waals surface area contributed by atoms with E-state index in [2.05, 4.69) is 8.58 Å². The number of rotatable bonds is 4. The molecule has 0 aliphatic carbocycles. The Hall–Kier alpha value is -0.740. The molecule has 0 saturated carbocycles. The molecule has 4 nitrogen and oxygen atoms in total. The van der Waals surface area contributed by atoms with E-state index in [0.717, 1.165) is 0 Å². The van der Waals surface area contributed by atoms with Crippen LogP contribution in [0.1, 0.15) is 26.7 Å². The highest BCUT2D eigenvalue weighted by molar-refractivity contribution is 6.19. The molecule has 0 aliphatic rings. The SMILES string of the molecule is CC/C(C(=O)OCl)=C(\CC)C(=O)OCl. The molecule has 0 spiro atoms. The molecule has 14 heavy (non-hydrogen) atoms. The lowest BCUT2D eigenvalue weighted by molar-refractivity contribution is -0.133. The van der Waals surface area contributed by atoms with E-state index >= 15 is 0 Å². The third-order valence-corrected chi connectivity index (χ3v) is 1.98.